The molecular formula is C11H10N8O. The predicted molar refractivity (Wildman–Crippen MR) is 70.0 cm³/mol. The Labute approximate surface area is 111 Å². The van der Waals surface area contributed by atoms with Crippen molar-refractivity contribution in [3.63, 3.8) is 0 Å². The van der Waals surface area contributed by atoms with Crippen LogP contribution in [0.25, 0.3) is 16.9 Å². The largest absolute Gasteiger partial charge is 0.278 e. The average molecular weight is 270 g/mol. The molecular weight excluding hydrogens is 260 g/mol. The number of aromatic nitrogens is 8. The van der Waals surface area contributed by atoms with Crippen LogP contribution in [0, 0.1) is 6.92 Å². The van der Waals surface area contributed by atoms with Gasteiger partial charge in [0.05, 0.1) is 0 Å². The second-order valence-electron chi connectivity index (χ2n) is 3.93. The van der Waals surface area contributed by atoms with Crippen LogP contribution in [0.2, 0.25) is 0 Å². The molecule has 0 radical (unpaired) electrons. The molecule has 0 fully saturated rings. The molecule has 4 aromatic rings. The van der Waals surface area contributed by atoms with Crippen molar-refractivity contribution in [3.8, 4) is 0 Å². The summed E-state index contributed by atoms with van der Waals surface area (Å²) in [5.41, 5.74) is 2.02. The highest BCUT2D eigenvalue weighted by Gasteiger charge is 1.98. The van der Waals surface area contributed by atoms with E-state index in [1.807, 2.05) is 12.1 Å². The third kappa shape index (κ3) is 2.23. The van der Waals surface area contributed by atoms with Gasteiger partial charge in [-0.25, -0.2) is 15.0 Å². The van der Waals surface area contributed by atoms with Gasteiger partial charge in [-0.2, -0.15) is 14.8 Å². The maximum atomic E-state index is 11.1. The number of nitrogens with one attached hydrogen (secondary N) is 2. The van der Waals surface area contributed by atoms with Gasteiger partial charge >= 0.3 is 0 Å². The van der Waals surface area contributed by atoms with Crippen molar-refractivity contribution in [1.82, 2.24) is 40.0 Å². The molecule has 9 heteroatoms. The fourth-order valence-corrected chi connectivity index (χ4v) is 1.62. The van der Waals surface area contributed by atoms with Gasteiger partial charge in [-0.05, 0) is 19.1 Å². The molecule has 4 aromatic heterocycles. The summed E-state index contributed by atoms with van der Waals surface area (Å²) in [5, 5.41) is 12.7. The maximum Gasteiger partial charge on any atom is 0.274 e. The second kappa shape index (κ2) is 4.88. The first kappa shape index (κ1) is 12.0. The van der Waals surface area contributed by atoms with Gasteiger partial charge in [0.2, 0.25) is 5.65 Å². The van der Waals surface area contributed by atoms with Gasteiger partial charge in [0.25, 0.3) is 11.3 Å². The number of rotatable bonds is 0. The van der Waals surface area contributed by atoms with Crippen LogP contribution in [-0.2, 0) is 0 Å². The summed E-state index contributed by atoms with van der Waals surface area (Å²) in [4.78, 5) is 22.9. The molecule has 0 amide bonds. The maximum absolute atomic E-state index is 11.1. The van der Waals surface area contributed by atoms with Gasteiger partial charge in [0, 0.05) is 18.0 Å². The van der Waals surface area contributed by atoms with Gasteiger partial charge in [0.1, 0.15) is 11.8 Å². The van der Waals surface area contributed by atoms with Gasteiger partial charge in [0.15, 0.2) is 0 Å². The fourth-order valence-electron chi connectivity index (χ4n) is 1.62. The standard InChI is InChI=1S/C6H6N4O.C5H4N4/c1-4-2-5(11)10-6(9-4)7-3-8-10;1-2-4-5(6-3-1)8-9-7-4/h2-3H,1H3,(H,7,8,9);1-3H,(H,6,7,8,9). The number of pyridine rings is 1. The summed E-state index contributed by atoms with van der Waals surface area (Å²) in [6, 6.07) is 5.13. The van der Waals surface area contributed by atoms with Crippen LogP contribution in [0.5, 0.6) is 0 Å². The highest BCUT2D eigenvalue weighted by Crippen LogP contribution is 1.99. The van der Waals surface area contributed by atoms with Crippen molar-refractivity contribution in [3.05, 3.63) is 46.8 Å². The minimum atomic E-state index is -0.134. The lowest BCUT2D eigenvalue weighted by Crippen LogP contribution is -2.14. The highest BCUT2D eigenvalue weighted by molar-refractivity contribution is 5.67. The molecule has 4 rings (SSSR count). The quantitative estimate of drug-likeness (QED) is 0.467. The van der Waals surface area contributed by atoms with Crippen LogP contribution in [0.3, 0.4) is 0 Å². The number of hydrogen-bond acceptors (Lipinski definition) is 6. The third-order valence-corrected chi connectivity index (χ3v) is 2.49. The summed E-state index contributed by atoms with van der Waals surface area (Å²) in [6.45, 7) is 1.76. The number of nitrogens with zero attached hydrogens (tertiary/aromatic N) is 6. The Balaban J connectivity index is 0.000000123. The molecule has 0 aliphatic carbocycles. The van der Waals surface area contributed by atoms with Crippen molar-refractivity contribution < 1.29 is 0 Å². The lowest BCUT2D eigenvalue weighted by molar-refractivity contribution is 0.889. The van der Waals surface area contributed by atoms with E-state index in [1.54, 1.807) is 13.1 Å². The lowest BCUT2D eigenvalue weighted by Gasteiger charge is -1.90. The Hall–Kier alpha value is -3.10. The van der Waals surface area contributed by atoms with Gasteiger partial charge < -0.3 is 0 Å². The van der Waals surface area contributed by atoms with E-state index in [0.29, 0.717) is 17.1 Å². The molecule has 9 nitrogen and oxygen atoms in total. The van der Waals surface area contributed by atoms with Gasteiger partial charge in [-0.15, -0.1) is 5.10 Å². The molecule has 20 heavy (non-hydrogen) atoms. The molecule has 0 saturated heterocycles. The SMILES string of the molecule is Cc1cc(=O)n2[nH]cnc2n1.c1cnc2n[nH]nc2c1. The lowest BCUT2D eigenvalue weighted by atomic mass is 10.4. The molecule has 2 N–H and O–H groups in total. The predicted octanol–water partition coefficient (Wildman–Crippen LogP) is 0.0789. The van der Waals surface area contributed by atoms with E-state index in [-0.39, 0.29) is 5.56 Å². The van der Waals surface area contributed by atoms with Crippen LogP contribution in [0.1, 0.15) is 5.69 Å². The molecule has 0 spiro atoms. The Kier molecular flexibility index (Phi) is 2.92. The first-order chi connectivity index (χ1) is 9.74. The molecule has 4 heterocycles. The van der Waals surface area contributed by atoms with Crippen LogP contribution in [0.4, 0.5) is 0 Å². The van der Waals surface area contributed by atoms with Crippen molar-refractivity contribution in [2.24, 2.45) is 0 Å². The van der Waals surface area contributed by atoms with Crippen molar-refractivity contribution >= 4 is 16.9 Å². The minimum absolute atomic E-state index is 0.134. The topological polar surface area (TPSA) is 118 Å². The first-order valence-electron chi connectivity index (χ1n) is 5.75. The molecule has 100 valence electrons. The number of hydrogen-bond donors (Lipinski definition) is 2. The van der Waals surface area contributed by atoms with Crippen LogP contribution in [0.15, 0.2) is 35.5 Å². The molecule has 0 bridgehead atoms. The van der Waals surface area contributed by atoms with E-state index < -0.39 is 0 Å². The summed E-state index contributed by atoms with van der Waals surface area (Å²) in [6.07, 6.45) is 3.12. The first-order valence-corrected chi connectivity index (χ1v) is 5.75. The van der Waals surface area contributed by atoms with E-state index in [9.17, 15) is 4.79 Å². The van der Waals surface area contributed by atoms with Crippen LogP contribution >= 0.6 is 0 Å². The average Bonchev–Trinajstić information content (AvgIpc) is 3.06. The Morgan fingerprint density at radius 2 is 2.15 bits per heavy atom. The highest BCUT2D eigenvalue weighted by atomic mass is 16.1. The molecule has 0 aliphatic rings. The number of H-pyrrole nitrogens is 2. The van der Waals surface area contributed by atoms with E-state index in [1.165, 1.54) is 16.9 Å². The molecule has 0 atom stereocenters. The number of aromatic amines is 2. The van der Waals surface area contributed by atoms with Crippen molar-refractivity contribution in [2.45, 2.75) is 6.92 Å². The van der Waals surface area contributed by atoms with Gasteiger partial charge in [-0.3, -0.25) is 9.89 Å². The van der Waals surface area contributed by atoms with Gasteiger partial charge in [-0.1, -0.05) is 0 Å². The van der Waals surface area contributed by atoms with Crippen LogP contribution < -0.4 is 5.56 Å². The molecule has 0 unspecified atom stereocenters. The smallest absolute Gasteiger partial charge is 0.274 e. The third-order valence-electron chi connectivity index (χ3n) is 2.49. The zero-order valence-electron chi connectivity index (χ0n) is 10.5. The van der Waals surface area contributed by atoms with Crippen LogP contribution in [-0.4, -0.2) is 40.0 Å². The Morgan fingerprint density at radius 3 is 3.00 bits per heavy atom. The Morgan fingerprint density at radius 1 is 1.25 bits per heavy atom. The summed E-state index contributed by atoms with van der Waals surface area (Å²) < 4.78 is 1.28. The second-order valence-corrected chi connectivity index (χ2v) is 3.93. The van der Waals surface area contributed by atoms with Crippen molar-refractivity contribution in [2.75, 3.05) is 0 Å². The zero-order valence-corrected chi connectivity index (χ0v) is 10.5. The number of aryl methyl sites for hydroxylation is 1. The molecule has 0 aromatic carbocycles. The Bertz CT molecular complexity index is 875. The normalized spacial score (nSPS) is 10.4. The van der Waals surface area contributed by atoms with E-state index >= 15 is 0 Å². The van der Waals surface area contributed by atoms with E-state index in [2.05, 4.69) is 35.5 Å². The zero-order chi connectivity index (χ0) is 13.9. The fraction of sp³-hybridized carbons (Fsp3) is 0.0909. The van der Waals surface area contributed by atoms with Crippen molar-refractivity contribution in [1.29, 1.82) is 0 Å². The van der Waals surface area contributed by atoms with E-state index in [4.69, 9.17) is 0 Å². The summed E-state index contributed by atoms with van der Waals surface area (Å²) in [5.74, 6) is 0.412. The minimum Gasteiger partial charge on any atom is -0.278 e. The number of fused-ring (bicyclic) bond motifs is 2. The van der Waals surface area contributed by atoms with E-state index in [0.717, 1.165) is 5.52 Å². The monoisotopic (exact) mass is 270 g/mol. The summed E-state index contributed by atoms with van der Waals surface area (Å²) >= 11 is 0. The molecule has 0 aliphatic heterocycles. The summed E-state index contributed by atoms with van der Waals surface area (Å²) in [7, 11) is 0. The molecule has 0 saturated carbocycles.